The third-order valence-corrected chi connectivity index (χ3v) is 5.00. The largest absolute Gasteiger partial charge is 0.490 e. The Morgan fingerprint density at radius 3 is 2.35 bits per heavy atom. The standard InChI is InChI=1S/C23H21BrN2O5/c1-3-30-21-13-17(23(27)25-18-8-10-19(11-9-18)26(28)29)12-20(24)22(21)31-14-16-6-4-15(2)5-7-16/h4-13H,3,14H2,1-2H3,(H,25,27). The van der Waals surface area contributed by atoms with Gasteiger partial charge in [0.05, 0.1) is 16.0 Å². The SMILES string of the molecule is CCOc1cc(C(=O)Nc2ccc([N+](=O)[O-])cc2)cc(Br)c1OCc1ccc(C)cc1. The first-order valence-electron chi connectivity index (χ1n) is 9.58. The van der Waals surface area contributed by atoms with Gasteiger partial charge in [-0.25, -0.2) is 0 Å². The average Bonchev–Trinajstić information content (AvgIpc) is 2.74. The molecule has 0 aromatic heterocycles. The van der Waals surface area contributed by atoms with E-state index in [9.17, 15) is 14.9 Å². The fourth-order valence-corrected chi connectivity index (χ4v) is 3.37. The number of non-ortho nitro benzene ring substituents is 1. The summed E-state index contributed by atoms with van der Waals surface area (Å²) in [6.45, 7) is 4.63. The first-order valence-corrected chi connectivity index (χ1v) is 10.4. The van der Waals surface area contributed by atoms with Crippen molar-refractivity contribution in [3.05, 3.63) is 91.9 Å². The van der Waals surface area contributed by atoms with E-state index in [1.807, 2.05) is 38.1 Å². The highest BCUT2D eigenvalue weighted by atomic mass is 79.9. The van der Waals surface area contributed by atoms with Crippen LogP contribution >= 0.6 is 15.9 Å². The van der Waals surface area contributed by atoms with Gasteiger partial charge in [-0.2, -0.15) is 0 Å². The summed E-state index contributed by atoms with van der Waals surface area (Å²) in [7, 11) is 0. The third kappa shape index (κ3) is 5.82. The Kier molecular flexibility index (Phi) is 7.25. The van der Waals surface area contributed by atoms with Crippen LogP contribution in [0, 0.1) is 17.0 Å². The Bertz CT molecular complexity index is 1080. The number of hydrogen-bond acceptors (Lipinski definition) is 5. The monoisotopic (exact) mass is 484 g/mol. The first kappa shape index (κ1) is 22.3. The number of hydrogen-bond donors (Lipinski definition) is 1. The lowest BCUT2D eigenvalue weighted by molar-refractivity contribution is -0.384. The summed E-state index contributed by atoms with van der Waals surface area (Å²) in [5, 5.41) is 13.5. The van der Waals surface area contributed by atoms with Gasteiger partial charge < -0.3 is 14.8 Å². The topological polar surface area (TPSA) is 90.7 Å². The number of anilines is 1. The molecule has 8 heteroatoms. The lowest BCUT2D eigenvalue weighted by Gasteiger charge is -2.16. The molecule has 0 spiro atoms. The minimum atomic E-state index is -0.494. The summed E-state index contributed by atoms with van der Waals surface area (Å²) >= 11 is 3.47. The van der Waals surface area contributed by atoms with Gasteiger partial charge in [0.1, 0.15) is 6.61 Å². The zero-order chi connectivity index (χ0) is 22.4. The van der Waals surface area contributed by atoms with Crippen LogP contribution in [-0.4, -0.2) is 17.4 Å². The van der Waals surface area contributed by atoms with Gasteiger partial charge >= 0.3 is 0 Å². The molecule has 0 aliphatic heterocycles. The molecule has 160 valence electrons. The van der Waals surface area contributed by atoms with Crippen molar-refractivity contribution in [2.45, 2.75) is 20.5 Å². The third-order valence-electron chi connectivity index (χ3n) is 4.41. The summed E-state index contributed by atoms with van der Waals surface area (Å²) in [4.78, 5) is 23.0. The fourth-order valence-electron chi connectivity index (χ4n) is 2.81. The Morgan fingerprint density at radius 2 is 1.74 bits per heavy atom. The quantitative estimate of drug-likeness (QED) is 0.317. The van der Waals surface area contributed by atoms with Crippen molar-refractivity contribution in [3.63, 3.8) is 0 Å². The Labute approximate surface area is 188 Å². The summed E-state index contributed by atoms with van der Waals surface area (Å²) < 4.78 is 12.2. The van der Waals surface area contributed by atoms with Crippen LogP contribution in [0.1, 0.15) is 28.4 Å². The van der Waals surface area contributed by atoms with Crippen LogP contribution in [0.15, 0.2) is 65.1 Å². The van der Waals surface area contributed by atoms with Gasteiger partial charge in [0.2, 0.25) is 0 Å². The molecule has 0 aliphatic carbocycles. The highest BCUT2D eigenvalue weighted by Gasteiger charge is 2.17. The fraction of sp³-hybridized carbons (Fsp3) is 0.174. The van der Waals surface area contributed by atoms with Crippen molar-refractivity contribution in [3.8, 4) is 11.5 Å². The second-order valence-corrected chi connectivity index (χ2v) is 7.61. The normalized spacial score (nSPS) is 10.4. The van der Waals surface area contributed by atoms with Gasteiger partial charge in [-0.1, -0.05) is 29.8 Å². The van der Waals surface area contributed by atoms with Crippen LogP contribution in [0.4, 0.5) is 11.4 Å². The summed E-state index contributed by atoms with van der Waals surface area (Å²) in [6, 6.07) is 16.9. The lowest BCUT2D eigenvalue weighted by atomic mass is 10.1. The first-order chi connectivity index (χ1) is 14.9. The van der Waals surface area contributed by atoms with Gasteiger partial charge in [-0.15, -0.1) is 0 Å². The molecule has 0 bridgehead atoms. The van der Waals surface area contributed by atoms with Crippen LogP contribution in [-0.2, 0) is 6.61 Å². The van der Waals surface area contributed by atoms with Crippen LogP contribution < -0.4 is 14.8 Å². The molecule has 0 saturated carbocycles. The van der Waals surface area contributed by atoms with Gasteiger partial charge in [0, 0.05) is 23.4 Å². The highest BCUT2D eigenvalue weighted by molar-refractivity contribution is 9.10. The molecule has 3 rings (SSSR count). The number of nitrogens with zero attached hydrogens (tertiary/aromatic N) is 1. The van der Waals surface area contributed by atoms with Gasteiger partial charge in [0.25, 0.3) is 11.6 Å². The van der Waals surface area contributed by atoms with Crippen molar-refractivity contribution in [1.82, 2.24) is 0 Å². The minimum Gasteiger partial charge on any atom is -0.490 e. The molecular formula is C23H21BrN2O5. The van der Waals surface area contributed by atoms with E-state index in [-0.39, 0.29) is 11.6 Å². The van der Waals surface area contributed by atoms with Crippen molar-refractivity contribution < 1.29 is 19.2 Å². The molecular weight excluding hydrogens is 464 g/mol. The van der Waals surface area contributed by atoms with E-state index in [1.165, 1.54) is 29.8 Å². The molecule has 0 heterocycles. The predicted octanol–water partition coefficient (Wildman–Crippen LogP) is 5.90. The summed E-state index contributed by atoms with van der Waals surface area (Å²) in [5.41, 5.74) is 2.94. The number of carbonyl (C=O) groups is 1. The minimum absolute atomic E-state index is 0.0468. The van der Waals surface area contributed by atoms with E-state index in [4.69, 9.17) is 9.47 Å². The summed E-state index contributed by atoms with van der Waals surface area (Å²) in [6.07, 6.45) is 0. The van der Waals surface area contributed by atoms with E-state index in [0.717, 1.165) is 5.56 Å². The lowest BCUT2D eigenvalue weighted by Crippen LogP contribution is -2.12. The maximum absolute atomic E-state index is 12.7. The van der Waals surface area contributed by atoms with Crippen LogP contribution in [0.25, 0.3) is 0 Å². The van der Waals surface area contributed by atoms with Crippen LogP contribution in [0.2, 0.25) is 0 Å². The molecule has 0 atom stereocenters. The molecule has 31 heavy (non-hydrogen) atoms. The predicted molar refractivity (Wildman–Crippen MR) is 122 cm³/mol. The average molecular weight is 485 g/mol. The van der Waals surface area contributed by atoms with Crippen molar-refractivity contribution in [1.29, 1.82) is 0 Å². The molecule has 0 radical (unpaired) electrons. The number of aryl methyl sites for hydroxylation is 1. The zero-order valence-corrected chi connectivity index (χ0v) is 18.6. The number of benzene rings is 3. The number of carbonyl (C=O) groups excluding carboxylic acids is 1. The molecule has 3 aromatic carbocycles. The number of amides is 1. The van der Waals surface area contributed by atoms with E-state index < -0.39 is 4.92 Å². The number of nitrogens with one attached hydrogen (secondary N) is 1. The van der Waals surface area contributed by atoms with Crippen molar-refractivity contribution in [2.24, 2.45) is 0 Å². The van der Waals surface area contributed by atoms with E-state index in [0.29, 0.717) is 40.4 Å². The molecule has 0 aliphatic rings. The van der Waals surface area contributed by atoms with E-state index in [2.05, 4.69) is 21.2 Å². The van der Waals surface area contributed by atoms with Crippen LogP contribution in [0.3, 0.4) is 0 Å². The molecule has 0 saturated heterocycles. The Balaban J connectivity index is 1.78. The van der Waals surface area contributed by atoms with Crippen LogP contribution in [0.5, 0.6) is 11.5 Å². The summed E-state index contributed by atoms with van der Waals surface area (Å²) in [5.74, 6) is 0.577. The maximum atomic E-state index is 12.7. The van der Waals surface area contributed by atoms with Crippen molar-refractivity contribution >= 4 is 33.2 Å². The van der Waals surface area contributed by atoms with Gasteiger partial charge in [-0.05, 0) is 59.6 Å². The smallest absolute Gasteiger partial charge is 0.269 e. The number of nitro groups is 1. The molecule has 1 amide bonds. The highest BCUT2D eigenvalue weighted by Crippen LogP contribution is 2.37. The Hall–Kier alpha value is -3.39. The molecule has 7 nitrogen and oxygen atoms in total. The number of nitro benzene ring substituents is 1. The van der Waals surface area contributed by atoms with Gasteiger partial charge in [0.15, 0.2) is 11.5 Å². The Morgan fingerprint density at radius 1 is 1.06 bits per heavy atom. The molecule has 0 fully saturated rings. The molecule has 0 unspecified atom stereocenters. The van der Waals surface area contributed by atoms with E-state index >= 15 is 0 Å². The number of halogens is 1. The molecule has 3 aromatic rings. The maximum Gasteiger partial charge on any atom is 0.269 e. The van der Waals surface area contributed by atoms with Crippen molar-refractivity contribution in [2.75, 3.05) is 11.9 Å². The second kappa shape index (κ2) is 10.1. The van der Waals surface area contributed by atoms with Gasteiger partial charge in [-0.3, -0.25) is 14.9 Å². The van der Waals surface area contributed by atoms with E-state index in [1.54, 1.807) is 12.1 Å². The number of ether oxygens (including phenoxy) is 2. The number of rotatable bonds is 8. The molecule has 1 N–H and O–H groups in total. The zero-order valence-electron chi connectivity index (χ0n) is 17.1. The second-order valence-electron chi connectivity index (χ2n) is 6.75.